The third-order valence-corrected chi connectivity index (χ3v) is 5.57. The van der Waals surface area contributed by atoms with Gasteiger partial charge in [0.15, 0.2) is 9.99 Å². The Morgan fingerprint density at radius 2 is 1.87 bits per heavy atom. The number of hydrogen-bond donors (Lipinski definition) is 0. The number of pyridine rings is 1. The van der Waals surface area contributed by atoms with E-state index >= 15 is 0 Å². The molecule has 128 valence electrons. The molecule has 2 aromatic heterocycles. The normalized spacial score (nSPS) is 13.0. The van der Waals surface area contributed by atoms with Crippen LogP contribution in [0.15, 0.2) is 16.6 Å². The fourth-order valence-electron chi connectivity index (χ4n) is 2.37. The van der Waals surface area contributed by atoms with Gasteiger partial charge in [-0.3, -0.25) is 4.90 Å². The minimum Gasteiger partial charge on any atom is -0.298 e. The lowest BCUT2D eigenvalue weighted by Gasteiger charge is -2.30. The van der Waals surface area contributed by atoms with Crippen LogP contribution >= 0.6 is 23.1 Å². The van der Waals surface area contributed by atoms with Crippen LogP contribution in [0.5, 0.6) is 0 Å². The third-order valence-electron chi connectivity index (χ3n) is 3.46. The highest BCUT2D eigenvalue weighted by Crippen LogP contribution is 2.34. The Labute approximate surface area is 142 Å². The Morgan fingerprint density at radius 3 is 2.43 bits per heavy atom. The van der Waals surface area contributed by atoms with Crippen LogP contribution in [0, 0.1) is 0 Å². The Bertz CT molecular complexity index is 645. The van der Waals surface area contributed by atoms with E-state index in [0.717, 1.165) is 28.9 Å². The van der Waals surface area contributed by atoms with Crippen molar-refractivity contribution in [1.29, 1.82) is 0 Å². The maximum Gasteiger partial charge on any atom is 0.417 e. The minimum atomic E-state index is -4.37. The molecule has 0 spiro atoms. The summed E-state index contributed by atoms with van der Waals surface area (Å²) in [5, 5.41) is 0. The van der Waals surface area contributed by atoms with Crippen molar-refractivity contribution in [2.24, 2.45) is 0 Å². The molecular weight excluding hydrogens is 343 g/mol. The number of nitrogens with zero attached hydrogens (tertiary/aromatic N) is 3. The molecule has 0 aliphatic rings. The second-order valence-corrected chi connectivity index (χ2v) is 8.17. The van der Waals surface area contributed by atoms with Gasteiger partial charge in [-0.15, -0.1) is 11.3 Å². The molecule has 23 heavy (non-hydrogen) atoms. The summed E-state index contributed by atoms with van der Waals surface area (Å²) >= 11 is 2.83. The van der Waals surface area contributed by atoms with E-state index in [4.69, 9.17) is 0 Å². The van der Waals surface area contributed by atoms with Gasteiger partial charge < -0.3 is 0 Å². The second-order valence-electron chi connectivity index (χ2n) is 5.80. The zero-order chi connectivity index (χ0) is 17.2. The highest BCUT2D eigenvalue weighted by Gasteiger charge is 2.31. The number of hydrogen-bond acceptors (Lipinski definition) is 5. The molecule has 0 aromatic carbocycles. The van der Waals surface area contributed by atoms with Crippen molar-refractivity contribution in [3.63, 3.8) is 0 Å². The van der Waals surface area contributed by atoms with Gasteiger partial charge >= 0.3 is 6.18 Å². The number of thiazole rings is 1. The topological polar surface area (TPSA) is 29.0 Å². The number of rotatable bonds is 6. The summed E-state index contributed by atoms with van der Waals surface area (Å²) in [7, 11) is 0. The summed E-state index contributed by atoms with van der Waals surface area (Å²) in [5.41, 5.74) is -0.342. The van der Waals surface area contributed by atoms with Crippen molar-refractivity contribution >= 4 is 33.4 Å². The SMILES string of the molecule is CC(C)N(CCSc1nc2ncc(C(F)(F)F)cc2s1)C(C)C. The maximum absolute atomic E-state index is 12.7. The molecule has 0 aliphatic heterocycles. The Morgan fingerprint density at radius 1 is 1.22 bits per heavy atom. The number of aromatic nitrogens is 2. The van der Waals surface area contributed by atoms with E-state index in [0.29, 0.717) is 22.4 Å². The van der Waals surface area contributed by atoms with E-state index in [1.54, 1.807) is 11.8 Å². The van der Waals surface area contributed by atoms with Crippen molar-refractivity contribution in [2.75, 3.05) is 12.3 Å². The first-order chi connectivity index (χ1) is 10.7. The first kappa shape index (κ1) is 18.5. The lowest BCUT2D eigenvalue weighted by Crippen LogP contribution is -2.38. The van der Waals surface area contributed by atoms with Crippen LogP contribution in [0.3, 0.4) is 0 Å². The van der Waals surface area contributed by atoms with Crippen LogP contribution in [0.2, 0.25) is 0 Å². The van der Waals surface area contributed by atoms with Gasteiger partial charge in [0.1, 0.15) is 0 Å². The summed E-state index contributed by atoms with van der Waals surface area (Å²) in [6, 6.07) is 2.04. The molecule has 0 unspecified atom stereocenters. The van der Waals surface area contributed by atoms with Crippen LogP contribution in [0.4, 0.5) is 13.2 Å². The Kier molecular flexibility index (Phi) is 5.91. The average Bonchev–Trinajstić information content (AvgIpc) is 2.83. The Balaban J connectivity index is 2.04. The van der Waals surface area contributed by atoms with Crippen molar-refractivity contribution in [3.8, 4) is 0 Å². The highest BCUT2D eigenvalue weighted by atomic mass is 32.2. The summed E-state index contributed by atoms with van der Waals surface area (Å²) in [5.74, 6) is 0.850. The molecule has 8 heteroatoms. The Hall–Kier alpha value is -0.860. The zero-order valence-corrected chi connectivity index (χ0v) is 15.1. The molecule has 0 bridgehead atoms. The lowest BCUT2D eigenvalue weighted by molar-refractivity contribution is -0.137. The van der Waals surface area contributed by atoms with E-state index in [9.17, 15) is 13.2 Å². The highest BCUT2D eigenvalue weighted by molar-refractivity contribution is 8.01. The van der Waals surface area contributed by atoms with Crippen molar-refractivity contribution in [1.82, 2.24) is 14.9 Å². The molecule has 0 atom stereocenters. The van der Waals surface area contributed by atoms with Crippen molar-refractivity contribution < 1.29 is 13.2 Å². The number of thioether (sulfide) groups is 1. The molecule has 0 amide bonds. The summed E-state index contributed by atoms with van der Waals surface area (Å²) < 4.78 is 39.3. The van der Waals surface area contributed by atoms with E-state index in [-0.39, 0.29) is 0 Å². The first-order valence-electron chi connectivity index (χ1n) is 7.41. The molecule has 0 radical (unpaired) electrons. The molecule has 2 heterocycles. The molecular formula is C15H20F3N3S2. The molecule has 0 saturated carbocycles. The van der Waals surface area contributed by atoms with Gasteiger partial charge in [0, 0.05) is 30.6 Å². The van der Waals surface area contributed by atoms with E-state index in [1.807, 2.05) is 0 Å². The van der Waals surface area contributed by atoms with Gasteiger partial charge in [-0.05, 0) is 33.8 Å². The van der Waals surface area contributed by atoms with Gasteiger partial charge in [0.2, 0.25) is 0 Å². The van der Waals surface area contributed by atoms with Crippen LogP contribution in [0.25, 0.3) is 10.3 Å². The van der Waals surface area contributed by atoms with Gasteiger partial charge in [-0.2, -0.15) is 13.2 Å². The molecule has 2 rings (SSSR count). The summed E-state index contributed by atoms with van der Waals surface area (Å²) in [6.07, 6.45) is -3.52. The van der Waals surface area contributed by atoms with Gasteiger partial charge in [-0.25, -0.2) is 9.97 Å². The number of alkyl halides is 3. The van der Waals surface area contributed by atoms with E-state index in [2.05, 4.69) is 42.6 Å². The molecule has 0 fully saturated rings. The molecule has 0 aliphatic carbocycles. The predicted molar refractivity (Wildman–Crippen MR) is 90.1 cm³/mol. The summed E-state index contributed by atoms with van der Waals surface area (Å²) in [4.78, 5) is 10.5. The van der Waals surface area contributed by atoms with Crippen LogP contribution < -0.4 is 0 Å². The predicted octanol–water partition coefficient (Wildman–Crippen LogP) is 4.92. The molecule has 2 aromatic rings. The largest absolute Gasteiger partial charge is 0.417 e. The van der Waals surface area contributed by atoms with Crippen LogP contribution in [-0.4, -0.2) is 39.2 Å². The van der Waals surface area contributed by atoms with Gasteiger partial charge in [0.25, 0.3) is 0 Å². The zero-order valence-electron chi connectivity index (χ0n) is 13.5. The number of fused-ring (bicyclic) bond motifs is 1. The molecule has 0 N–H and O–H groups in total. The fourth-order valence-corrected chi connectivity index (χ4v) is 4.45. The standard InChI is InChI=1S/C15H20F3N3S2/c1-9(2)21(10(3)4)5-6-22-14-20-13-12(23-14)7-11(8-19-13)15(16,17)18/h7-10H,5-6H2,1-4H3. The average molecular weight is 363 g/mol. The smallest absolute Gasteiger partial charge is 0.298 e. The lowest BCUT2D eigenvalue weighted by atomic mass is 10.2. The van der Waals surface area contributed by atoms with Crippen molar-refractivity contribution in [3.05, 3.63) is 17.8 Å². The monoisotopic (exact) mass is 363 g/mol. The number of halogens is 3. The molecule has 3 nitrogen and oxygen atoms in total. The fraction of sp³-hybridized carbons (Fsp3) is 0.600. The minimum absolute atomic E-state index is 0.384. The summed E-state index contributed by atoms with van der Waals surface area (Å²) in [6.45, 7) is 9.54. The quantitative estimate of drug-likeness (QED) is 0.681. The van der Waals surface area contributed by atoms with Crippen LogP contribution in [-0.2, 0) is 6.18 Å². The van der Waals surface area contributed by atoms with Crippen molar-refractivity contribution in [2.45, 2.75) is 50.3 Å². The van der Waals surface area contributed by atoms with E-state index < -0.39 is 11.7 Å². The second kappa shape index (κ2) is 7.36. The van der Waals surface area contributed by atoms with Crippen LogP contribution in [0.1, 0.15) is 33.3 Å². The van der Waals surface area contributed by atoms with Gasteiger partial charge in [0.05, 0.1) is 10.3 Å². The molecule has 0 saturated heterocycles. The maximum atomic E-state index is 12.7. The van der Waals surface area contributed by atoms with E-state index in [1.165, 1.54) is 11.3 Å². The third kappa shape index (κ3) is 4.81. The first-order valence-corrected chi connectivity index (χ1v) is 9.21. The van der Waals surface area contributed by atoms with Gasteiger partial charge in [-0.1, -0.05) is 11.8 Å².